The molecule has 4 aliphatic rings. The molecule has 6 rings (SSSR count). The van der Waals surface area contributed by atoms with Crippen LogP contribution in [0.1, 0.15) is 49.8 Å². The zero-order valence-corrected chi connectivity index (χ0v) is 19.8. The van der Waals surface area contributed by atoms with Gasteiger partial charge in [0.15, 0.2) is 0 Å². The molecule has 1 heterocycles. The number of carbonyl (C=O) groups excluding carboxylic acids is 3. The molecule has 184 valence electrons. The third-order valence-corrected chi connectivity index (χ3v) is 7.22. The van der Waals surface area contributed by atoms with Crippen LogP contribution in [-0.4, -0.2) is 45.5 Å². The highest BCUT2D eigenvalue weighted by Gasteiger charge is 2.69. The third-order valence-electron chi connectivity index (χ3n) is 7.22. The molecule has 4 N–H and O–H groups in total. The largest absolute Gasteiger partial charge is 0.389 e. The van der Waals surface area contributed by atoms with Gasteiger partial charge in [-0.05, 0) is 74.1 Å². The van der Waals surface area contributed by atoms with Gasteiger partial charge in [0.1, 0.15) is 5.82 Å². The fourth-order valence-electron chi connectivity index (χ4n) is 5.52. The Bertz CT molecular complexity index is 1190. The summed E-state index contributed by atoms with van der Waals surface area (Å²) in [6.45, 7) is 3.94. The molecule has 3 aliphatic carbocycles. The Kier molecular flexibility index (Phi) is 5.36. The average Bonchev–Trinajstić information content (AvgIpc) is 3.17. The van der Waals surface area contributed by atoms with E-state index in [9.17, 15) is 23.9 Å². The van der Waals surface area contributed by atoms with E-state index in [-0.39, 0.29) is 29.3 Å². The quantitative estimate of drug-likeness (QED) is 0.493. The van der Waals surface area contributed by atoms with Crippen molar-refractivity contribution in [1.82, 2.24) is 15.5 Å². The SMILES string of the molecule is CC(C)(O)CNC(=O)C(=O)NC12CC(c3ccc(NC(=O)N4Cc5ccc(F)cc5C4)cc3)(C1)C2. The fraction of sp³-hybridized carbons (Fsp3) is 0.423. The fourth-order valence-corrected chi connectivity index (χ4v) is 5.52. The Morgan fingerprint density at radius 1 is 1.00 bits per heavy atom. The summed E-state index contributed by atoms with van der Waals surface area (Å²) in [5, 5.41) is 17.9. The summed E-state index contributed by atoms with van der Waals surface area (Å²) < 4.78 is 13.4. The van der Waals surface area contributed by atoms with Gasteiger partial charge in [-0.15, -0.1) is 0 Å². The lowest BCUT2D eigenvalue weighted by molar-refractivity contribution is -0.149. The van der Waals surface area contributed by atoms with E-state index in [2.05, 4.69) is 16.0 Å². The zero-order chi connectivity index (χ0) is 25.0. The van der Waals surface area contributed by atoms with E-state index in [1.165, 1.54) is 12.1 Å². The maximum atomic E-state index is 13.4. The second kappa shape index (κ2) is 8.05. The number of nitrogens with one attached hydrogen (secondary N) is 3. The van der Waals surface area contributed by atoms with Crippen LogP contribution < -0.4 is 16.0 Å². The highest BCUT2D eigenvalue weighted by molar-refractivity contribution is 6.35. The van der Waals surface area contributed by atoms with E-state index in [4.69, 9.17) is 0 Å². The van der Waals surface area contributed by atoms with Gasteiger partial charge in [-0.25, -0.2) is 9.18 Å². The number of halogens is 1. The van der Waals surface area contributed by atoms with Crippen LogP contribution in [0.25, 0.3) is 0 Å². The molecular formula is C26H29FN4O4. The predicted octanol–water partition coefficient (Wildman–Crippen LogP) is 2.55. The molecule has 4 amide bonds. The summed E-state index contributed by atoms with van der Waals surface area (Å²) in [4.78, 5) is 38.5. The Morgan fingerprint density at radius 3 is 2.31 bits per heavy atom. The van der Waals surface area contributed by atoms with Crippen molar-refractivity contribution in [2.45, 2.75) is 62.8 Å². The molecule has 2 aromatic carbocycles. The Morgan fingerprint density at radius 2 is 1.66 bits per heavy atom. The third kappa shape index (κ3) is 4.48. The number of hydrogen-bond acceptors (Lipinski definition) is 4. The van der Waals surface area contributed by atoms with Gasteiger partial charge in [-0.1, -0.05) is 18.2 Å². The van der Waals surface area contributed by atoms with Gasteiger partial charge in [-0.3, -0.25) is 9.59 Å². The van der Waals surface area contributed by atoms with Crippen molar-refractivity contribution >= 4 is 23.5 Å². The van der Waals surface area contributed by atoms with Gasteiger partial charge >= 0.3 is 17.8 Å². The van der Waals surface area contributed by atoms with Crippen molar-refractivity contribution < 1.29 is 23.9 Å². The first kappa shape index (κ1) is 23.3. The normalized spacial score (nSPS) is 24.1. The molecule has 0 saturated heterocycles. The monoisotopic (exact) mass is 480 g/mol. The average molecular weight is 481 g/mol. The van der Waals surface area contributed by atoms with Crippen LogP contribution in [0.15, 0.2) is 42.5 Å². The minimum Gasteiger partial charge on any atom is -0.389 e. The number of fused-ring (bicyclic) bond motifs is 1. The van der Waals surface area contributed by atoms with Crippen molar-refractivity contribution in [1.29, 1.82) is 0 Å². The van der Waals surface area contributed by atoms with Crippen molar-refractivity contribution in [2.75, 3.05) is 11.9 Å². The summed E-state index contributed by atoms with van der Waals surface area (Å²) >= 11 is 0. The summed E-state index contributed by atoms with van der Waals surface area (Å²) in [5.74, 6) is -1.71. The van der Waals surface area contributed by atoms with E-state index < -0.39 is 17.4 Å². The number of benzene rings is 2. The van der Waals surface area contributed by atoms with Gasteiger partial charge < -0.3 is 26.0 Å². The van der Waals surface area contributed by atoms with Gasteiger partial charge in [0.05, 0.1) is 5.60 Å². The zero-order valence-electron chi connectivity index (χ0n) is 19.8. The molecule has 9 heteroatoms. The van der Waals surface area contributed by atoms with Crippen LogP contribution in [-0.2, 0) is 28.1 Å². The minimum absolute atomic E-state index is 0.00230. The Labute approximate surface area is 202 Å². The van der Waals surface area contributed by atoms with E-state index in [0.717, 1.165) is 36.0 Å². The molecule has 0 radical (unpaired) electrons. The minimum atomic E-state index is -1.08. The van der Waals surface area contributed by atoms with Crippen LogP contribution in [0, 0.1) is 5.82 Å². The molecule has 2 bridgehead atoms. The molecule has 0 atom stereocenters. The first-order valence-electron chi connectivity index (χ1n) is 11.7. The Balaban J connectivity index is 1.11. The number of amides is 4. The van der Waals surface area contributed by atoms with Crippen LogP contribution in [0.3, 0.4) is 0 Å². The number of carbonyl (C=O) groups is 3. The number of aliphatic hydroxyl groups is 1. The van der Waals surface area contributed by atoms with Gasteiger partial charge in [0, 0.05) is 36.3 Å². The summed E-state index contributed by atoms with van der Waals surface area (Å²) in [6, 6.07) is 12.1. The molecule has 1 aliphatic heterocycles. The molecule has 2 aromatic rings. The lowest BCUT2D eigenvalue weighted by atomic mass is 9.37. The first-order valence-corrected chi connectivity index (χ1v) is 11.7. The second-order valence-electron chi connectivity index (χ2n) is 10.8. The maximum absolute atomic E-state index is 13.4. The van der Waals surface area contributed by atoms with E-state index in [0.29, 0.717) is 18.8 Å². The van der Waals surface area contributed by atoms with E-state index >= 15 is 0 Å². The number of hydrogen-bond donors (Lipinski definition) is 4. The molecule has 3 saturated carbocycles. The molecular weight excluding hydrogens is 451 g/mol. The smallest absolute Gasteiger partial charge is 0.322 e. The van der Waals surface area contributed by atoms with Crippen molar-refractivity contribution in [2.24, 2.45) is 0 Å². The first-order chi connectivity index (χ1) is 16.5. The highest BCUT2D eigenvalue weighted by Crippen LogP contribution is 2.67. The van der Waals surface area contributed by atoms with Crippen molar-refractivity contribution in [3.8, 4) is 0 Å². The number of urea groups is 1. The maximum Gasteiger partial charge on any atom is 0.322 e. The van der Waals surface area contributed by atoms with Gasteiger partial charge in [0.25, 0.3) is 0 Å². The summed E-state index contributed by atoms with van der Waals surface area (Å²) in [7, 11) is 0. The Hall–Kier alpha value is -3.46. The van der Waals surface area contributed by atoms with Gasteiger partial charge in [-0.2, -0.15) is 0 Å². The molecule has 3 fully saturated rings. The number of nitrogens with zero attached hydrogens (tertiary/aromatic N) is 1. The standard InChI is InChI=1S/C26H29FN4O4/c1-24(2,35)15-28-21(32)22(33)30-26-12-25(13-26,14-26)18-4-7-20(8-5-18)29-23(34)31-10-16-3-6-19(27)9-17(16)11-31/h3-9,35H,10-15H2,1-2H3,(H,28,32)(H,29,34)(H,30,33). The van der Waals surface area contributed by atoms with Crippen LogP contribution >= 0.6 is 0 Å². The van der Waals surface area contributed by atoms with Crippen molar-refractivity contribution in [3.63, 3.8) is 0 Å². The van der Waals surface area contributed by atoms with E-state index in [1.54, 1.807) is 24.8 Å². The molecule has 35 heavy (non-hydrogen) atoms. The lowest BCUT2D eigenvalue weighted by Crippen LogP contribution is -2.77. The summed E-state index contributed by atoms with van der Waals surface area (Å²) in [6.07, 6.45) is 2.29. The van der Waals surface area contributed by atoms with E-state index in [1.807, 2.05) is 24.3 Å². The second-order valence-corrected chi connectivity index (χ2v) is 10.8. The van der Waals surface area contributed by atoms with Crippen LogP contribution in [0.2, 0.25) is 0 Å². The van der Waals surface area contributed by atoms with Crippen LogP contribution in [0.5, 0.6) is 0 Å². The van der Waals surface area contributed by atoms with Gasteiger partial charge in [0.2, 0.25) is 0 Å². The molecule has 0 spiro atoms. The van der Waals surface area contributed by atoms with Crippen LogP contribution in [0.4, 0.5) is 14.9 Å². The highest BCUT2D eigenvalue weighted by atomic mass is 19.1. The molecule has 0 aromatic heterocycles. The molecule has 0 unspecified atom stereocenters. The lowest BCUT2D eigenvalue weighted by Gasteiger charge is -2.70. The number of rotatable bonds is 5. The predicted molar refractivity (Wildman–Crippen MR) is 127 cm³/mol. The topological polar surface area (TPSA) is 111 Å². The van der Waals surface area contributed by atoms with Crippen molar-refractivity contribution in [3.05, 3.63) is 65.0 Å². The number of anilines is 1. The summed E-state index contributed by atoms with van der Waals surface area (Å²) in [5.41, 5.74) is 2.16. The molecule has 8 nitrogen and oxygen atoms in total.